The Morgan fingerprint density at radius 2 is 1.75 bits per heavy atom. The zero-order valence-corrected chi connectivity index (χ0v) is 11.5. The highest BCUT2D eigenvalue weighted by Crippen LogP contribution is 2.20. The van der Waals surface area contributed by atoms with Crippen LogP contribution in [0, 0.1) is 0 Å². The average Bonchev–Trinajstić information content (AvgIpc) is 2.53. The zero-order chi connectivity index (χ0) is 14.4. The molecule has 2 rings (SSSR count). The second kappa shape index (κ2) is 6.87. The summed E-state index contributed by atoms with van der Waals surface area (Å²) in [6, 6.07) is 16.4. The van der Waals surface area contributed by atoms with Gasteiger partial charge < -0.3 is 9.84 Å². The Bertz CT molecular complexity index is 546. The van der Waals surface area contributed by atoms with Crippen LogP contribution in [0.3, 0.4) is 0 Å². The lowest BCUT2D eigenvalue weighted by atomic mass is 10.0. The number of rotatable bonds is 6. The van der Waals surface area contributed by atoms with Gasteiger partial charge in [0.15, 0.2) is 5.78 Å². The minimum absolute atomic E-state index is 0.0302. The van der Waals surface area contributed by atoms with Gasteiger partial charge in [-0.25, -0.2) is 0 Å². The highest BCUT2D eigenvalue weighted by Gasteiger charge is 2.11. The van der Waals surface area contributed by atoms with Crippen molar-refractivity contribution in [1.29, 1.82) is 0 Å². The lowest BCUT2D eigenvalue weighted by Gasteiger charge is -2.10. The Hall–Kier alpha value is -2.13. The number of aliphatic hydroxyl groups is 1. The van der Waals surface area contributed by atoms with Gasteiger partial charge in [-0.15, -0.1) is 0 Å². The standard InChI is InChI=1S/C17H18O3/c1-20-15-9-7-14(8-10-15)17(19)12-11-16(18)13-5-3-2-4-6-13/h2-10,16,18H,11-12H2,1H3. The molecule has 1 atom stereocenters. The van der Waals surface area contributed by atoms with Crippen LogP contribution in [0.2, 0.25) is 0 Å². The molecule has 0 amide bonds. The normalized spacial score (nSPS) is 11.9. The van der Waals surface area contributed by atoms with Gasteiger partial charge in [0.2, 0.25) is 0 Å². The maximum Gasteiger partial charge on any atom is 0.162 e. The maximum absolute atomic E-state index is 12.0. The fourth-order valence-electron chi connectivity index (χ4n) is 2.03. The first-order valence-electron chi connectivity index (χ1n) is 6.61. The van der Waals surface area contributed by atoms with Crippen molar-refractivity contribution in [3.05, 3.63) is 65.7 Å². The fraction of sp³-hybridized carbons (Fsp3) is 0.235. The van der Waals surface area contributed by atoms with E-state index in [1.165, 1.54) is 0 Å². The molecule has 20 heavy (non-hydrogen) atoms. The lowest BCUT2D eigenvalue weighted by molar-refractivity contribution is 0.0940. The monoisotopic (exact) mass is 270 g/mol. The van der Waals surface area contributed by atoms with Gasteiger partial charge in [-0.3, -0.25) is 4.79 Å². The van der Waals surface area contributed by atoms with Crippen molar-refractivity contribution < 1.29 is 14.6 Å². The summed E-state index contributed by atoms with van der Waals surface area (Å²) in [5, 5.41) is 10.0. The van der Waals surface area contributed by atoms with Crippen molar-refractivity contribution in [3.8, 4) is 5.75 Å². The number of carbonyl (C=O) groups is 1. The van der Waals surface area contributed by atoms with Crippen molar-refractivity contribution in [3.63, 3.8) is 0 Å². The van der Waals surface area contributed by atoms with Crippen molar-refractivity contribution in [2.75, 3.05) is 7.11 Å². The van der Waals surface area contributed by atoms with Crippen LogP contribution in [-0.2, 0) is 0 Å². The summed E-state index contributed by atoms with van der Waals surface area (Å²) in [6.07, 6.45) is 0.149. The molecule has 0 radical (unpaired) electrons. The Labute approximate surface area is 118 Å². The van der Waals surface area contributed by atoms with Gasteiger partial charge in [-0.1, -0.05) is 30.3 Å². The molecule has 0 fully saturated rings. The fourth-order valence-corrected chi connectivity index (χ4v) is 2.03. The number of hydrogen-bond acceptors (Lipinski definition) is 3. The second-order valence-electron chi connectivity index (χ2n) is 4.62. The number of carbonyl (C=O) groups excluding carboxylic acids is 1. The number of Topliss-reactive ketones (excluding diaryl/α,β-unsaturated/α-hetero) is 1. The smallest absolute Gasteiger partial charge is 0.162 e. The third-order valence-electron chi connectivity index (χ3n) is 3.24. The highest BCUT2D eigenvalue weighted by atomic mass is 16.5. The molecule has 2 aromatic carbocycles. The van der Waals surface area contributed by atoms with Gasteiger partial charge in [0.25, 0.3) is 0 Å². The molecule has 104 valence electrons. The van der Waals surface area contributed by atoms with Crippen LogP contribution in [0.1, 0.15) is 34.9 Å². The summed E-state index contributed by atoms with van der Waals surface area (Å²) in [5.74, 6) is 0.758. The number of hydrogen-bond donors (Lipinski definition) is 1. The summed E-state index contributed by atoms with van der Waals surface area (Å²) < 4.78 is 5.05. The predicted octanol–water partition coefficient (Wildman–Crippen LogP) is 3.39. The minimum Gasteiger partial charge on any atom is -0.497 e. The van der Waals surface area contributed by atoms with Crippen LogP contribution < -0.4 is 4.74 Å². The number of methoxy groups -OCH3 is 1. The van der Waals surface area contributed by atoms with E-state index in [1.807, 2.05) is 30.3 Å². The molecule has 1 unspecified atom stereocenters. The number of aliphatic hydroxyl groups excluding tert-OH is 1. The summed E-state index contributed by atoms with van der Waals surface area (Å²) in [4.78, 5) is 12.0. The van der Waals surface area contributed by atoms with Crippen molar-refractivity contribution in [2.45, 2.75) is 18.9 Å². The molecule has 0 spiro atoms. The minimum atomic E-state index is -0.599. The van der Waals surface area contributed by atoms with Crippen molar-refractivity contribution in [1.82, 2.24) is 0 Å². The predicted molar refractivity (Wildman–Crippen MR) is 78.0 cm³/mol. The number of ether oxygens (including phenoxy) is 1. The van der Waals surface area contributed by atoms with Crippen LogP contribution in [0.25, 0.3) is 0 Å². The van der Waals surface area contributed by atoms with Crippen molar-refractivity contribution in [2.24, 2.45) is 0 Å². The van der Waals surface area contributed by atoms with E-state index in [0.29, 0.717) is 18.4 Å². The quantitative estimate of drug-likeness (QED) is 0.818. The van der Waals surface area contributed by atoms with Crippen molar-refractivity contribution >= 4 is 5.78 Å². The van der Waals surface area contributed by atoms with E-state index in [-0.39, 0.29) is 5.78 Å². The molecule has 3 nitrogen and oxygen atoms in total. The molecule has 0 aliphatic carbocycles. The van der Waals surface area contributed by atoms with Crippen LogP contribution in [0.5, 0.6) is 5.75 Å². The first-order valence-corrected chi connectivity index (χ1v) is 6.61. The molecular weight excluding hydrogens is 252 g/mol. The Morgan fingerprint density at radius 1 is 1.10 bits per heavy atom. The summed E-state index contributed by atoms with van der Waals surface area (Å²) in [6.45, 7) is 0. The molecule has 0 aromatic heterocycles. The molecule has 0 bridgehead atoms. The summed E-state index contributed by atoms with van der Waals surface area (Å²) in [5.41, 5.74) is 1.49. The van der Waals surface area contributed by atoms with Crippen LogP contribution >= 0.6 is 0 Å². The van der Waals surface area contributed by atoms with E-state index in [2.05, 4.69) is 0 Å². The maximum atomic E-state index is 12.0. The van der Waals surface area contributed by atoms with Crippen LogP contribution in [-0.4, -0.2) is 18.0 Å². The van der Waals surface area contributed by atoms with E-state index in [0.717, 1.165) is 11.3 Å². The number of ketones is 1. The van der Waals surface area contributed by atoms with Gasteiger partial charge in [0, 0.05) is 12.0 Å². The topological polar surface area (TPSA) is 46.5 Å². The highest BCUT2D eigenvalue weighted by molar-refractivity contribution is 5.96. The SMILES string of the molecule is COc1ccc(C(=O)CCC(O)c2ccccc2)cc1. The van der Waals surface area contributed by atoms with Gasteiger partial charge >= 0.3 is 0 Å². The molecule has 2 aromatic rings. The van der Waals surface area contributed by atoms with Crippen LogP contribution in [0.4, 0.5) is 0 Å². The molecule has 0 aliphatic rings. The molecule has 0 saturated heterocycles. The summed E-state index contributed by atoms with van der Waals surface area (Å²) in [7, 11) is 1.59. The van der Waals surface area contributed by atoms with Gasteiger partial charge in [-0.05, 0) is 36.2 Å². The molecule has 3 heteroatoms. The Balaban J connectivity index is 1.91. The van der Waals surface area contributed by atoms with E-state index in [1.54, 1.807) is 31.4 Å². The number of benzene rings is 2. The zero-order valence-electron chi connectivity index (χ0n) is 11.5. The van der Waals surface area contributed by atoms with E-state index in [9.17, 15) is 9.90 Å². The molecule has 0 aliphatic heterocycles. The van der Waals surface area contributed by atoms with Gasteiger partial charge in [0.05, 0.1) is 13.2 Å². The Kier molecular flexibility index (Phi) is 4.91. The van der Waals surface area contributed by atoms with Gasteiger partial charge in [-0.2, -0.15) is 0 Å². The van der Waals surface area contributed by atoms with Gasteiger partial charge in [0.1, 0.15) is 5.75 Å². The third kappa shape index (κ3) is 3.68. The third-order valence-corrected chi connectivity index (χ3v) is 3.24. The largest absolute Gasteiger partial charge is 0.497 e. The molecule has 1 N–H and O–H groups in total. The second-order valence-corrected chi connectivity index (χ2v) is 4.62. The first-order chi connectivity index (χ1) is 9.70. The molecular formula is C17H18O3. The first kappa shape index (κ1) is 14.3. The van der Waals surface area contributed by atoms with E-state index >= 15 is 0 Å². The van der Waals surface area contributed by atoms with E-state index in [4.69, 9.17) is 4.74 Å². The molecule has 0 heterocycles. The lowest BCUT2D eigenvalue weighted by Crippen LogP contribution is -2.04. The summed E-state index contributed by atoms with van der Waals surface area (Å²) >= 11 is 0. The molecule has 0 saturated carbocycles. The Morgan fingerprint density at radius 3 is 2.35 bits per heavy atom. The van der Waals surface area contributed by atoms with Crippen LogP contribution in [0.15, 0.2) is 54.6 Å². The van der Waals surface area contributed by atoms with E-state index < -0.39 is 6.10 Å². The average molecular weight is 270 g/mol.